The third kappa shape index (κ3) is 7.24. The van der Waals surface area contributed by atoms with E-state index in [0.29, 0.717) is 17.2 Å². The molecule has 0 unspecified atom stereocenters. The van der Waals surface area contributed by atoms with Crippen molar-refractivity contribution in [1.82, 2.24) is 4.72 Å². The number of rotatable bonds is 8. The number of benzene rings is 1. The number of halogens is 1. The lowest BCUT2D eigenvalue weighted by atomic mass is 9.97. The van der Waals surface area contributed by atoms with Gasteiger partial charge in [0.15, 0.2) is 5.78 Å². The Morgan fingerprint density at radius 2 is 1.93 bits per heavy atom. The standard InChI is InChI=1S/C17H19ClO3S.C2H7NO2S/c1-4-21-9-13(15(19)11-5-6-11)16(20)12-7-8-14(18)10(2)17(12)22-3;1-3-6(2,4)5/h7-9,11H,4-6H2,1-3H3;3H,1-2H3. The van der Waals surface area contributed by atoms with Crippen LogP contribution in [-0.2, 0) is 19.6 Å². The molecule has 0 amide bonds. The highest BCUT2D eigenvalue weighted by molar-refractivity contribution is 7.98. The molecule has 1 N–H and O–H groups in total. The van der Waals surface area contributed by atoms with Crippen molar-refractivity contribution in [3.8, 4) is 0 Å². The van der Waals surface area contributed by atoms with Crippen molar-refractivity contribution in [3.05, 3.63) is 40.1 Å². The number of carbonyl (C=O) groups excluding carboxylic acids is 2. The molecular weight excluding hydrogens is 422 g/mol. The quantitative estimate of drug-likeness (QED) is 0.163. The molecule has 0 radical (unpaired) electrons. The number of nitrogens with one attached hydrogen (secondary N) is 1. The summed E-state index contributed by atoms with van der Waals surface area (Å²) >= 11 is 7.58. The van der Waals surface area contributed by atoms with Gasteiger partial charge in [0, 0.05) is 21.4 Å². The Kier molecular flexibility index (Phi) is 9.69. The van der Waals surface area contributed by atoms with Gasteiger partial charge in [0.05, 0.1) is 19.1 Å². The molecule has 0 heterocycles. The summed E-state index contributed by atoms with van der Waals surface area (Å²) in [5, 5.41) is 0.616. The van der Waals surface area contributed by atoms with Crippen LogP contribution in [0.4, 0.5) is 0 Å². The van der Waals surface area contributed by atoms with Crippen LogP contribution in [-0.4, -0.2) is 46.2 Å². The Balaban J connectivity index is 0.000000568. The van der Waals surface area contributed by atoms with Crippen LogP contribution in [0.3, 0.4) is 0 Å². The van der Waals surface area contributed by atoms with E-state index in [9.17, 15) is 18.0 Å². The Hall–Kier alpha value is -1.35. The van der Waals surface area contributed by atoms with Crippen molar-refractivity contribution in [2.75, 3.05) is 26.2 Å². The van der Waals surface area contributed by atoms with Crippen molar-refractivity contribution >= 4 is 45.0 Å². The minimum absolute atomic E-state index is 0.0261. The van der Waals surface area contributed by atoms with Crippen LogP contribution >= 0.6 is 23.4 Å². The van der Waals surface area contributed by atoms with E-state index in [1.807, 2.05) is 20.1 Å². The van der Waals surface area contributed by atoms with E-state index in [2.05, 4.69) is 4.72 Å². The molecule has 28 heavy (non-hydrogen) atoms. The molecule has 0 saturated heterocycles. The number of carbonyl (C=O) groups is 2. The summed E-state index contributed by atoms with van der Waals surface area (Å²) in [7, 11) is -1.54. The van der Waals surface area contributed by atoms with Crippen LogP contribution in [0.2, 0.25) is 5.02 Å². The van der Waals surface area contributed by atoms with Gasteiger partial charge in [-0.2, -0.15) is 0 Å². The second-order valence-electron chi connectivity index (χ2n) is 6.18. The fourth-order valence-electron chi connectivity index (χ4n) is 2.21. The Morgan fingerprint density at radius 3 is 2.36 bits per heavy atom. The van der Waals surface area contributed by atoms with Gasteiger partial charge in [0.1, 0.15) is 5.57 Å². The van der Waals surface area contributed by atoms with Crippen LogP contribution in [0, 0.1) is 12.8 Å². The van der Waals surface area contributed by atoms with Crippen LogP contribution in [0.1, 0.15) is 35.7 Å². The van der Waals surface area contributed by atoms with E-state index in [1.54, 1.807) is 12.1 Å². The SMILES string of the molecule is CCOC=C(C(=O)c1ccc(Cl)c(C)c1SC)C(=O)C1CC1.CNS(C)(=O)=O. The molecule has 1 saturated carbocycles. The van der Waals surface area contributed by atoms with E-state index < -0.39 is 10.0 Å². The maximum atomic E-state index is 12.8. The topological polar surface area (TPSA) is 89.5 Å². The lowest BCUT2D eigenvalue weighted by Crippen LogP contribution is -2.16. The van der Waals surface area contributed by atoms with E-state index in [0.717, 1.165) is 29.6 Å². The molecule has 0 aromatic heterocycles. The molecule has 0 aliphatic heterocycles. The van der Waals surface area contributed by atoms with Gasteiger partial charge in [-0.25, -0.2) is 13.1 Å². The highest BCUT2D eigenvalue weighted by atomic mass is 35.5. The zero-order valence-electron chi connectivity index (χ0n) is 16.7. The first kappa shape index (κ1) is 24.7. The smallest absolute Gasteiger partial charge is 0.208 e. The van der Waals surface area contributed by atoms with Crippen molar-refractivity contribution < 1.29 is 22.7 Å². The molecule has 1 aromatic carbocycles. The average molecular weight is 448 g/mol. The van der Waals surface area contributed by atoms with Gasteiger partial charge >= 0.3 is 0 Å². The van der Waals surface area contributed by atoms with Gasteiger partial charge in [0.2, 0.25) is 15.8 Å². The molecule has 0 atom stereocenters. The lowest BCUT2D eigenvalue weighted by molar-refractivity contribution is -0.116. The second kappa shape index (κ2) is 11.0. The summed E-state index contributed by atoms with van der Waals surface area (Å²) < 4.78 is 27.1. The van der Waals surface area contributed by atoms with E-state index in [1.165, 1.54) is 25.1 Å². The molecule has 9 heteroatoms. The third-order valence-electron chi connectivity index (χ3n) is 3.99. The first-order chi connectivity index (χ1) is 13.1. The largest absolute Gasteiger partial charge is 0.501 e. The molecular formula is C19H26ClNO5S2. The number of ketones is 2. The van der Waals surface area contributed by atoms with Crippen LogP contribution < -0.4 is 4.72 Å². The maximum absolute atomic E-state index is 12.8. The summed E-state index contributed by atoms with van der Waals surface area (Å²) in [6, 6.07) is 3.38. The predicted octanol–water partition coefficient (Wildman–Crippen LogP) is 3.62. The van der Waals surface area contributed by atoms with Gasteiger partial charge in [-0.15, -0.1) is 11.8 Å². The minimum atomic E-state index is -2.91. The minimum Gasteiger partial charge on any atom is -0.501 e. The number of hydrogen-bond donors (Lipinski definition) is 1. The van der Waals surface area contributed by atoms with Crippen molar-refractivity contribution in [2.24, 2.45) is 5.92 Å². The highest BCUT2D eigenvalue weighted by Crippen LogP contribution is 2.35. The zero-order valence-corrected chi connectivity index (χ0v) is 19.1. The fourth-order valence-corrected chi connectivity index (χ4v) is 3.22. The Bertz CT molecular complexity index is 861. The average Bonchev–Trinajstić information content (AvgIpc) is 3.48. The maximum Gasteiger partial charge on any atom is 0.208 e. The van der Waals surface area contributed by atoms with Crippen molar-refractivity contribution in [3.63, 3.8) is 0 Å². The lowest BCUT2D eigenvalue weighted by Gasteiger charge is -2.12. The van der Waals surface area contributed by atoms with Crippen molar-refractivity contribution in [2.45, 2.75) is 31.6 Å². The van der Waals surface area contributed by atoms with E-state index >= 15 is 0 Å². The number of sulfonamides is 1. The molecule has 1 aliphatic rings. The summed E-state index contributed by atoms with van der Waals surface area (Å²) in [6.45, 7) is 4.11. The van der Waals surface area contributed by atoms with Gasteiger partial charge in [-0.05, 0) is 57.7 Å². The Morgan fingerprint density at radius 1 is 1.36 bits per heavy atom. The number of ether oxygens (including phenoxy) is 1. The number of allylic oxidation sites excluding steroid dienone is 1. The van der Waals surface area contributed by atoms with Crippen LogP contribution in [0.15, 0.2) is 28.9 Å². The zero-order chi connectivity index (χ0) is 21.5. The molecule has 156 valence electrons. The number of Topliss-reactive ketones (excluding diaryl/α,β-unsaturated/α-hetero) is 2. The molecule has 1 fully saturated rings. The summed E-state index contributed by atoms with van der Waals surface area (Å²) in [5.74, 6) is -0.422. The van der Waals surface area contributed by atoms with E-state index in [-0.39, 0.29) is 23.1 Å². The first-order valence-electron chi connectivity index (χ1n) is 8.69. The van der Waals surface area contributed by atoms with Crippen LogP contribution in [0.25, 0.3) is 0 Å². The van der Waals surface area contributed by atoms with Crippen LogP contribution in [0.5, 0.6) is 0 Å². The van der Waals surface area contributed by atoms with Gasteiger partial charge in [0.25, 0.3) is 0 Å². The fraction of sp³-hybridized carbons (Fsp3) is 0.474. The molecule has 1 aromatic rings. The van der Waals surface area contributed by atoms with Gasteiger partial charge < -0.3 is 4.74 Å². The molecule has 2 rings (SSSR count). The van der Waals surface area contributed by atoms with Crippen molar-refractivity contribution in [1.29, 1.82) is 0 Å². The molecule has 1 aliphatic carbocycles. The normalized spacial score (nSPS) is 14.1. The first-order valence-corrected chi connectivity index (χ1v) is 12.2. The van der Waals surface area contributed by atoms with Gasteiger partial charge in [-0.3, -0.25) is 9.59 Å². The highest BCUT2D eigenvalue weighted by Gasteiger charge is 2.35. The summed E-state index contributed by atoms with van der Waals surface area (Å²) in [5.41, 5.74) is 1.50. The Labute approximate surface area is 176 Å². The third-order valence-corrected chi connectivity index (χ3v) is 6.07. The second-order valence-corrected chi connectivity index (χ2v) is 9.36. The monoisotopic (exact) mass is 447 g/mol. The number of thioether (sulfide) groups is 1. The molecule has 6 nitrogen and oxygen atoms in total. The van der Waals surface area contributed by atoms with E-state index in [4.69, 9.17) is 16.3 Å². The number of hydrogen-bond acceptors (Lipinski definition) is 6. The summed E-state index contributed by atoms with van der Waals surface area (Å²) in [4.78, 5) is 26.0. The molecule has 0 spiro atoms. The van der Waals surface area contributed by atoms with Gasteiger partial charge in [-0.1, -0.05) is 11.6 Å². The summed E-state index contributed by atoms with van der Waals surface area (Å²) in [6.07, 6.45) is 6.02. The molecule has 0 bridgehead atoms. The predicted molar refractivity (Wildman–Crippen MR) is 114 cm³/mol.